The number of rotatable bonds is 3. The second-order valence-corrected chi connectivity index (χ2v) is 6.09. The van der Waals surface area contributed by atoms with Crippen LogP contribution in [0.5, 0.6) is 0 Å². The van der Waals surface area contributed by atoms with Gasteiger partial charge in [-0.3, -0.25) is 4.79 Å². The van der Waals surface area contributed by atoms with Crippen LogP contribution in [0.2, 0.25) is 0 Å². The molecule has 2 fully saturated rings. The number of carbonyl (C=O) groups is 1. The summed E-state index contributed by atoms with van der Waals surface area (Å²) in [4.78, 5) is 12.0. The Morgan fingerprint density at radius 3 is 2.76 bits per heavy atom. The Morgan fingerprint density at radius 2 is 2.00 bits per heavy atom. The summed E-state index contributed by atoms with van der Waals surface area (Å²) in [6.07, 6.45) is 7.58. The number of hydrogen-bond donors (Lipinski definition) is 2. The molecule has 1 heterocycles. The molecule has 3 heteroatoms. The molecule has 2 aliphatic rings. The molecule has 1 aliphatic carbocycles. The van der Waals surface area contributed by atoms with Crippen LogP contribution >= 0.6 is 0 Å². The molecule has 0 aromatic rings. The molecule has 0 radical (unpaired) electrons. The Morgan fingerprint density at radius 1 is 1.24 bits per heavy atom. The smallest absolute Gasteiger partial charge is 0.237 e. The van der Waals surface area contributed by atoms with Crippen molar-refractivity contribution < 1.29 is 4.79 Å². The highest BCUT2D eigenvalue weighted by molar-refractivity contribution is 5.81. The van der Waals surface area contributed by atoms with Crippen LogP contribution in [-0.2, 0) is 4.79 Å². The molecule has 98 valence electrons. The molecule has 1 saturated heterocycles. The average Bonchev–Trinajstić information content (AvgIpc) is 2.35. The fourth-order valence-corrected chi connectivity index (χ4v) is 3.13. The zero-order valence-corrected chi connectivity index (χ0v) is 11.2. The van der Waals surface area contributed by atoms with Crippen LogP contribution in [-0.4, -0.2) is 24.5 Å². The third kappa shape index (κ3) is 3.44. The van der Waals surface area contributed by atoms with E-state index >= 15 is 0 Å². The van der Waals surface area contributed by atoms with Gasteiger partial charge in [-0.2, -0.15) is 0 Å². The van der Waals surface area contributed by atoms with Crippen molar-refractivity contribution in [3.63, 3.8) is 0 Å². The van der Waals surface area contributed by atoms with Gasteiger partial charge in [-0.05, 0) is 37.5 Å². The van der Waals surface area contributed by atoms with Crippen LogP contribution in [0.15, 0.2) is 0 Å². The molecular formula is C14H26N2O. The number of piperidine rings is 1. The first-order chi connectivity index (χ1) is 8.16. The standard InChI is InChI=1S/C14H26N2O/c1-10(2)9-15-14(17)13-8-7-11-5-3-4-6-12(11)16-13/h10-13,16H,3-9H2,1-2H3,(H,15,17). The SMILES string of the molecule is CC(C)CNC(=O)C1CCC2CCCCC2N1. The van der Waals surface area contributed by atoms with Gasteiger partial charge in [-0.15, -0.1) is 0 Å². The third-order valence-electron chi connectivity index (χ3n) is 4.15. The normalized spacial score (nSPS) is 33.2. The molecule has 2 rings (SSSR count). The molecule has 1 saturated carbocycles. The highest BCUT2D eigenvalue weighted by Crippen LogP contribution is 2.32. The van der Waals surface area contributed by atoms with Crippen molar-refractivity contribution in [2.45, 2.75) is 64.5 Å². The number of carbonyl (C=O) groups excluding carboxylic acids is 1. The van der Waals surface area contributed by atoms with Crippen molar-refractivity contribution in [3.8, 4) is 0 Å². The minimum atomic E-state index is 0.0631. The van der Waals surface area contributed by atoms with Gasteiger partial charge in [0.15, 0.2) is 0 Å². The highest BCUT2D eigenvalue weighted by Gasteiger charge is 2.34. The quantitative estimate of drug-likeness (QED) is 0.790. The van der Waals surface area contributed by atoms with Gasteiger partial charge in [0.05, 0.1) is 6.04 Å². The van der Waals surface area contributed by atoms with E-state index in [4.69, 9.17) is 0 Å². The van der Waals surface area contributed by atoms with Crippen molar-refractivity contribution in [2.24, 2.45) is 11.8 Å². The highest BCUT2D eigenvalue weighted by atomic mass is 16.2. The van der Waals surface area contributed by atoms with Gasteiger partial charge in [0.25, 0.3) is 0 Å². The van der Waals surface area contributed by atoms with Crippen molar-refractivity contribution in [3.05, 3.63) is 0 Å². The Balaban J connectivity index is 1.80. The summed E-state index contributed by atoms with van der Waals surface area (Å²) in [6, 6.07) is 0.667. The van der Waals surface area contributed by atoms with Crippen molar-refractivity contribution in [2.75, 3.05) is 6.54 Å². The van der Waals surface area contributed by atoms with Crippen molar-refractivity contribution in [1.29, 1.82) is 0 Å². The van der Waals surface area contributed by atoms with Crippen molar-refractivity contribution in [1.82, 2.24) is 10.6 Å². The molecule has 2 N–H and O–H groups in total. The monoisotopic (exact) mass is 238 g/mol. The molecular weight excluding hydrogens is 212 g/mol. The van der Waals surface area contributed by atoms with Crippen LogP contribution in [0, 0.1) is 11.8 Å². The lowest BCUT2D eigenvalue weighted by Crippen LogP contribution is -2.55. The summed E-state index contributed by atoms with van der Waals surface area (Å²) in [5.41, 5.74) is 0. The first kappa shape index (κ1) is 12.9. The maximum Gasteiger partial charge on any atom is 0.237 e. The molecule has 0 aromatic heterocycles. The van der Waals surface area contributed by atoms with E-state index in [9.17, 15) is 4.79 Å². The number of amides is 1. The lowest BCUT2D eigenvalue weighted by atomic mass is 9.77. The minimum absolute atomic E-state index is 0.0631. The summed E-state index contributed by atoms with van der Waals surface area (Å²) >= 11 is 0. The summed E-state index contributed by atoms with van der Waals surface area (Å²) in [5.74, 6) is 1.57. The van der Waals surface area contributed by atoms with Gasteiger partial charge in [0.2, 0.25) is 5.91 Å². The van der Waals surface area contributed by atoms with E-state index in [2.05, 4.69) is 24.5 Å². The van der Waals surface area contributed by atoms with Gasteiger partial charge >= 0.3 is 0 Å². The van der Waals surface area contributed by atoms with Gasteiger partial charge < -0.3 is 10.6 Å². The van der Waals surface area contributed by atoms with E-state index in [0.717, 1.165) is 18.9 Å². The minimum Gasteiger partial charge on any atom is -0.354 e. The van der Waals surface area contributed by atoms with Crippen molar-refractivity contribution >= 4 is 5.91 Å². The second-order valence-electron chi connectivity index (χ2n) is 6.09. The molecule has 3 atom stereocenters. The Hall–Kier alpha value is -0.570. The predicted molar refractivity (Wildman–Crippen MR) is 69.8 cm³/mol. The Labute approximate surface area is 105 Å². The third-order valence-corrected chi connectivity index (χ3v) is 4.15. The van der Waals surface area contributed by atoms with Crippen LogP contribution in [0.25, 0.3) is 0 Å². The van der Waals surface area contributed by atoms with E-state index in [1.807, 2.05) is 0 Å². The predicted octanol–water partition coefficient (Wildman–Crippen LogP) is 2.07. The number of hydrogen-bond acceptors (Lipinski definition) is 2. The van der Waals surface area contributed by atoms with Crippen LogP contribution in [0.1, 0.15) is 52.4 Å². The summed E-state index contributed by atoms with van der Waals surface area (Å²) < 4.78 is 0. The molecule has 3 unspecified atom stereocenters. The number of fused-ring (bicyclic) bond motifs is 1. The average molecular weight is 238 g/mol. The summed E-state index contributed by atoms with van der Waals surface area (Å²) in [6.45, 7) is 5.06. The lowest BCUT2D eigenvalue weighted by Gasteiger charge is -2.39. The first-order valence-corrected chi connectivity index (χ1v) is 7.20. The van der Waals surface area contributed by atoms with Gasteiger partial charge in [-0.25, -0.2) is 0 Å². The van der Waals surface area contributed by atoms with Crippen LogP contribution in [0.3, 0.4) is 0 Å². The molecule has 0 aromatic carbocycles. The molecule has 0 bridgehead atoms. The Bertz CT molecular complexity index is 265. The Kier molecular flexibility index (Phi) is 4.43. The molecule has 1 amide bonds. The van der Waals surface area contributed by atoms with E-state index < -0.39 is 0 Å². The van der Waals surface area contributed by atoms with E-state index in [1.165, 1.54) is 32.1 Å². The fraction of sp³-hybridized carbons (Fsp3) is 0.929. The molecule has 3 nitrogen and oxygen atoms in total. The topological polar surface area (TPSA) is 41.1 Å². The van der Waals surface area contributed by atoms with Gasteiger partial charge in [0, 0.05) is 12.6 Å². The maximum atomic E-state index is 12.0. The van der Waals surface area contributed by atoms with Gasteiger partial charge in [-0.1, -0.05) is 26.7 Å². The van der Waals surface area contributed by atoms with Crippen LogP contribution in [0.4, 0.5) is 0 Å². The van der Waals surface area contributed by atoms with Crippen LogP contribution < -0.4 is 10.6 Å². The fourth-order valence-electron chi connectivity index (χ4n) is 3.13. The van der Waals surface area contributed by atoms with E-state index in [0.29, 0.717) is 12.0 Å². The largest absolute Gasteiger partial charge is 0.354 e. The molecule has 1 aliphatic heterocycles. The van der Waals surface area contributed by atoms with E-state index in [1.54, 1.807) is 0 Å². The zero-order chi connectivity index (χ0) is 12.3. The summed E-state index contributed by atoms with van der Waals surface area (Å²) in [5, 5.41) is 6.61. The lowest BCUT2D eigenvalue weighted by molar-refractivity contribution is -0.124. The summed E-state index contributed by atoms with van der Waals surface area (Å²) in [7, 11) is 0. The van der Waals surface area contributed by atoms with E-state index in [-0.39, 0.29) is 11.9 Å². The van der Waals surface area contributed by atoms with Gasteiger partial charge in [0.1, 0.15) is 0 Å². The zero-order valence-electron chi connectivity index (χ0n) is 11.2. The number of nitrogens with one attached hydrogen (secondary N) is 2. The maximum absolute atomic E-state index is 12.0. The first-order valence-electron chi connectivity index (χ1n) is 7.20. The second kappa shape index (κ2) is 5.85. The molecule has 0 spiro atoms. The molecule has 17 heavy (non-hydrogen) atoms.